The van der Waals surface area contributed by atoms with E-state index in [1.165, 1.54) is 19.1 Å². The predicted octanol–water partition coefficient (Wildman–Crippen LogP) is 2.37. The maximum absolute atomic E-state index is 12.1. The minimum atomic E-state index is -4.68. The van der Waals surface area contributed by atoms with Crippen molar-refractivity contribution < 1.29 is 23.2 Å². The molecule has 1 atom stereocenters. The van der Waals surface area contributed by atoms with Crippen LogP contribution in [-0.2, 0) is 6.42 Å². The first kappa shape index (κ1) is 13.4. The second kappa shape index (κ2) is 4.70. The number of halogens is 3. The molecule has 0 spiro atoms. The number of hydrogen-bond donors (Lipinski definition) is 1. The summed E-state index contributed by atoms with van der Waals surface area (Å²) in [6.07, 6.45) is -7.75. The number of aliphatic hydroxyl groups is 1. The molecule has 0 aliphatic carbocycles. The van der Waals surface area contributed by atoms with Crippen LogP contribution in [-0.4, -0.2) is 22.3 Å². The molecular formula is C10H10F3NO3. The molecule has 0 radical (unpaired) electrons. The topological polar surface area (TPSA) is 63.4 Å². The van der Waals surface area contributed by atoms with E-state index >= 15 is 0 Å². The van der Waals surface area contributed by atoms with E-state index in [4.69, 9.17) is 5.11 Å². The normalized spacial score (nSPS) is 13.5. The number of aliphatic hydroxyl groups excluding tert-OH is 1. The largest absolute Gasteiger partial charge is 0.414 e. The maximum atomic E-state index is 12.1. The van der Waals surface area contributed by atoms with Gasteiger partial charge in [-0.15, -0.1) is 0 Å². The third-order valence-electron chi connectivity index (χ3n) is 2.26. The molecule has 0 fully saturated rings. The highest BCUT2D eigenvalue weighted by molar-refractivity contribution is 5.41. The molecule has 0 bridgehead atoms. The molecule has 4 nitrogen and oxygen atoms in total. The van der Waals surface area contributed by atoms with Gasteiger partial charge in [0.05, 0.1) is 4.92 Å². The molecule has 0 aromatic heterocycles. The van der Waals surface area contributed by atoms with Crippen molar-refractivity contribution in [3.8, 4) is 0 Å². The molecule has 7 heteroatoms. The summed E-state index contributed by atoms with van der Waals surface area (Å²) in [6.45, 7) is 1.43. The van der Waals surface area contributed by atoms with Gasteiger partial charge in [0.1, 0.15) is 0 Å². The number of rotatable bonds is 3. The summed E-state index contributed by atoms with van der Waals surface area (Å²) in [7, 11) is 0. The summed E-state index contributed by atoms with van der Waals surface area (Å²) in [5.41, 5.74) is 0.315. The van der Waals surface area contributed by atoms with Crippen molar-refractivity contribution in [2.24, 2.45) is 0 Å². The average Bonchev–Trinajstić information content (AvgIpc) is 2.15. The maximum Gasteiger partial charge on any atom is 0.414 e. The van der Waals surface area contributed by atoms with Gasteiger partial charge in [-0.05, 0) is 18.6 Å². The lowest BCUT2D eigenvalue weighted by molar-refractivity contribution is -0.385. The number of benzene rings is 1. The van der Waals surface area contributed by atoms with Crippen LogP contribution in [0.5, 0.6) is 0 Å². The molecule has 1 rings (SSSR count). The Hall–Kier alpha value is -1.63. The minimum absolute atomic E-state index is 0.157. The van der Waals surface area contributed by atoms with Crippen molar-refractivity contribution >= 4 is 5.69 Å². The first-order valence-corrected chi connectivity index (χ1v) is 4.70. The first-order chi connectivity index (χ1) is 7.71. The Balaban J connectivity index is 2.88. The van der Waals surface area contributed by atoms with Crippen LogP contribution in [0.2, 0.25) is 0 Å². The van der Waals surface area contributed by atoms with Crippen LogP contribution in [0.4, 0.5) is 18.9 Å². The van der Waals surface area contributed by atoms with Crippen molar-refractivity contribution in [2.45, 2.75) is 25.6 Å². The number of aryl methyl sites for hydroxylation is 1. The zero-order valence-corrected chi connectivity index (χ0v) is 8.86. The van der Waals surface area contributed by atoms with Crippen molar-refractivity contribution in [3.05, 3.63) is 39.4 Å². The van der Waals surface area contributed by atoms with Crippen LogP contribution < -0.4 is 0 Å². The number of hydrogen-bond acceptors (Lipinski definition) is 3. The predicted molar refractivity (Wildman–Crippen MR) is 53.6 cm³/mol. The lowest BCUT2D eigenvalue weighted by Gasteiger charge is -2.14. The van der Waals surface area contributed by atoms with Crippen LogP contribution in [0.3, 0.4) is 0 Å². The molecule has 1 N–H and O–H groups in total. The van der Waals surface area contributed by atoms with E-state index in [-0.39, 0.29) is 16.8 Å². The van der Waals surface area contributed by atoms with Gasteiger partial charge >= 0.3 is 6.18 Å². The Bertz CT molecular complexity index is 431. The van der Waals surface area contributed by atoms with Gasteiger partial charge in [0, 0.05) is 18.1 Å². The number of alkyl halides is 3. The second-order valence-corrected chi connectivity index (χ2v) is 3.64. The first-order valence-electron chi connectivity index (χ1n) is 4.70. The van der Waals surface area contributed by atoms with Crippen LogP contribution in [0.1, 0.15) is 11.1 Å². The van der Waals surface area contributed by atoms with Gasteiger partial charge in [0.25, 0.3) is 5.69 Å². The molecule has 94 valence electrons. The summed E-state index contributed by atoms with van der Waals surface area (Å²) in [5.74, 6) is 0. The zero-order chi connectivity index (χ0) is 13.2. The number of nitro groups is 1. The molecule has 17 heavy (non-hydrogen) atoms. The van der Waals surface area contributed by atoms with Gasteiger partial charge in [0.15, 0.2) is 6.10 Å². The molecule has 1 unspecified atom stereocenters. The Morgan fingerprint density at radius 2 is 2.06 bits per heavy atom. The van der Waals surface area contributed by atoms with Gasteiger partial charge in [-0.2, -0.15) is 13.2 Å². The summed E-state index contributed by atoms with van der Waals surface area (Å²) < 4.78 is 36.3. The zero-order valence-electron chi connectivity index (χ0n) is 8.86. The fraction of sp³-hybridized carbons (Fsp3) is 0.400. The van der Waals surface area contributed by atoms with E-state index in [9.17, 15) is 23.3 Å². The summed E-state index contributed by atoms with van der Waals surface area (Å²) in [5, 5.41) is 19.3. The third-order valence-corrected chi connectivity index (χ3v) is 2.26. The third kappa shape index (κ3) is 3.42. The van der Waals surface area contributed by atoms with E-state index in [1.807, 2.05) is 0 Å². The Morgan fingerprint density at radius 3 is 2.47 bits per heavy atom. The molecule has 0 saturated heterocycles. The number of nitro benzene ring substituents is 1. The van der Waals surface area contributed by atoms with E-state index < -0.39 is 23.6 Å². The van der Waals surface area contributed by atoms with Gasteiger partial charge in [0.2, 0.25) is 0 Å². The Morgan fingerprint density at radius 1 is 1.47 bits per heavy atom. The smallest absolute Gasteiger partial charge is 0.383 e. The standard InChI is InChI=1S/C10H10F3NO3/c1-6-4-7(2-3-8(6)14(16)17)5-9(15)10(11,12)13/h2-4,9,15H,5H2,1H3. The SMILES string of the molecule is Cc1cc(CC(O)C(F)(F)F)ccc1[N+](=O)[O-]. The molecule has 0 aliphatic rings. The van der Waals surface area contributed by atoms with Gasteiger partial charge < -0.3 is 5.11 Å². The fourth-order valence-corrected chi connectivity index (χ4v) is 1.39. The van der Waals surface area contributed by atoms with E-state index in [1.54, 1.807) is 0 Å². The van der Waals surface area contributed by atoms with Gasteiger partial charge in [-0.3, -0.25) is 10.1 Å². The Kier molecular flexibility index (Phi) is 3.72. The molecule has 0 amide bonds. The quantitative estimate of drug-likeness (QED) is 0.660. The summed E-state index contributed by atoms with van der Waals surface area (Å²) in [6, 6.07) is 3.61. The summed E-state index contributed by atoms with van der Waals surface area (Å²) in [4.78, 5) is 9.88. The summed E-state index contributed by atoms with van der Waals surface area (Å²) >= 11 is 0. The van der Waals surface area contributed by atoms with Crippen molar-refractivity contribution in [3.63, 3.8) is 0 Å². The lowest BCUT2D eigenvalue weighted by atomic mass is 10.0. The van der Waals surface area contributed by atoms with Crippen LogP contribution in [0.25, 0.3) is 0 Å². The highest BCUT2D eigenvalue weighted by atomic mass is 19.4. The Labute approximate surface area is 94.8 Å². The second-order valence-electron chi connectivity index (χ2n) is 3.64. The highest BCUT2D eigenvalue weighted by Crippen LogP contribution is 2.25. The highest BCUT2D eigenvalue weighted by Gasteiger charge is 2.38. The molecule has 0 heterocycles. The van der Waals surface area contributed by atoms with Crippen LogP contribution >= 0.6 is 0 Å². The van der Waals surface area contributed by atoms with Crippen LogP contribution in [0.15, 0.2) is 18.2 Å². The van der Waals surface area contributed by atoms with Gasteiger partial charge in [-0.1, -0.05) is 6.07 Å². The monoisotopic (exact) mass is 249 g/mol. The molecule has 1 aromatic carbocycles. The van der Waals surface area contributed by atoms with Crippen molar-refractivity contribution in [1.82, 2.24) is 0 Å². The van der Waals surface area contributed by atoms with Crippen molar-refractivity contribution in [2.75, 3.05) is 0 Å². The minimum Gasteiger partial charge on any atom is -0.383 e. The van der Waals surface area contributed by atoms with E-state index in [0.29, 0.717) is 0 Å². The van der Waals surface area contributed by atoms with E-state index in [0.717, 1.165) is 6.07 Å². The lowest BCUT2D eigenvalue weighted by Crippen LogP contribution is -2.30. The molecular weight excluding hydrogens is 239 g/mol. The fourth-order valence-electron chi connectivity index (χ4n) is 1.39. The van der Waals surface area contributed by atoms with Crippen molar-refractivity contribution in [1.29, 1.82) is 0 Å². The average molecular weight is 249 g/mol. The van der Waals surface area contributed by atoms with Crippen LogP contribution in [0, 0.1) is 17.0 Å². The van der Waals surface area contributed by atoms with Gasteiger partial charge in [-0.25, -0.2) is 0 Å². The molecule has 0 aliphatic heterocycles. The van der Waals surface area contributed by atoms with E-state index in [2.05, 4.69) is 0 Å². The number of nitrogens with zero attached hydrogens (tertiary/aromatic N) is 1. The molecule has 1 aromatic rings. The molecule has 0 saturated carbocycles.